The standard InChI is InChI=1S/C17H23NO3/c1-5-11(19)7-14-13-9-18(3)8-12-10(2)6-15(20-4)17(21-14)16(12)13/h5-6,11,13-14,19H,1,7-9H2,2-4H3/t11-,13?,14?/m1/s1. The highest BCUT2D eigenvalue weighted by Gasteiger charge is 2.42. The van der Waals surface area contributed by atoms with Gasteiger partial charge in [0.15, 0.2) is 11.5 Å². The molecule has 2 aliphatic heterocycles. The predicted octanol–water partition coefficient (Wildman–Crippen LogP) is 2.23. The maximum atomic E-state index is 9.90. The highest BCUT2D eigenvalue weighted by molar-refractivity contribution is 5.59. The summed E-state index contributed by atoms with van der Waals surface area (Å²) in [5.41, 5.74) is 3.88. The van der Waals surface area contributed by atoms with Crippen LogP contribution in [0.25, 0.3) is 0 Å². The maximum absolute atomic E-state index is 9.90. The number of likely N-dealkylation sites (N-methyl/N-ethyl adjacent to an activating group) is 1. The molecule has 4 nitrogen and oxygen atoms in total. The zero-order valence-electron chi connectivity index (χ0n) is 12.9. The van der Waals surface area contributed by atoms with E-state index in [-0.39, 0.29) is 12.0 Å². The maximum Gasteiger partial charge on any atom is 0.165 e. The summed E-state index contributed by atoms with van der Waals surface area (Å²) < 4.78 is 11.7. The van der Waals surface area contributed by atoms with Crippen molar-refractivity contribution < 1.29 is 14.6 Å². The van der Waals surface area contributed by atoms with Gasteiger partial charge in [-0.2, -0.15) is 0 Å². The molecule has 2 aliphatic rings. The number of rotatable bonds is 4. The molecule has 21 heavy (non-hydrogen) atoms. The number of ether oxygens (including phenoxy) is 2. The van der Waals surface area contributed by atoms with E-state index in [0.29, 0.717) is 6.42 Å². The van der Waals surface area contributed by atoms with Crippen LogP contribution in [0.15, 0.2) is 18.7 Å². The minimum Gasteiger partial charge on any atom is -0.493 e. The van der Waals surface area contributed by atoms with Crippen LogP contribution in [0.3, 0.4) is 0 Å². The number of aliphatic hydroxyl groups excluding tert-OH is 1. The summed E-state index contributed by atoms with van der Waals surface area (Å²) in [6.45, 7) is 7.67. The average molecular weight is 289 g/mol. The summed E-state index contributed by atoms with van der Waals surface area (Å²) in [7, 11) is 3.81. The van der Waals surface area contributed by atoms with Gasteiger partial charge in [-0.1, -0.05) is 6.08 Å². The van der Waals surface area contributed by atoms with Crippen molar-refractivity contribution in [3.63, 3.8) is 0 Å². The van der Waals surface area contributed by atoms with Crippen LogP contribution in [-0.2, 0) is 6.54 Å². The molecule has 0 aromatic heterocycles. The Morgan fingerprint density at radius 2 is 2.38 bits per heavy atom. The van der Waals surface area contributed by atoms with Gasteiger partial charge in [-0.3, -0.25) is 0 Å². The lowest BCUT2D eigenvalue weighted by Crippen LogP contribution is -2.36. The molecule has 0 saturated heterocycles. The van der Waals surface area contributed by atoms with Gasteiger partial charge >= 0.3 is 0 Å². The molecule has 0 bridgehead atoms. The molecule has 0 fully saturated rings. The van der Waals surface area contributed by atoms with E-state index in [9.17, 15) is 5.11 Å². The minimum atomic E-state index is -0.535. The van der Waals surface area contributed by atoms with Gasteiger partial charge in [0.05, 0.1) is 13.2 Å². The first kappa shape index (κ1) is 14.4. The molecule has 1 N–H and O–H groups in total. The third-order valence-electron chi connectivity index (χ3n) is 4.61. The monoisotopic (exact) mass is 289 g/mol. The highest BCUT2D eigenvalue weighted by atomic mass is 16.5. The van der Waals surface area contributed by atoms with Crippen LogP contribution in [0, 0.1) is 6.92 Å². The molecule has 4 heteroatoms. The third kappa shape index (κ3) is 2.32. The van der Waals surface area contributed by atoms with E-state index in [2.05, 4.69) is 31.5 Å². The van der Waals surface area contributed by atoms with Crippen LogP contribution in [0.5, 0.6) is 11.5 Å². The number of hydrogen-bond donors (Lipinski definition) is 1. The molecule has 1 aromatic rings. The van der Waals surface area contributed by atoms with Gasteiger partial charge in [-0.05, 0) is 31.2 Å². The number of aliphatic hydroxyl groups is 1. The quantitative estimate of drug-likeness (QED) is 0.863. The Morgan fingerprint density at radius 1 is 1.62 bits per heavy atom. The first-order chi connectivity index (χ1) is 10.0. The molecule has 0 radical (unpaired) electrons. The van der Waals surface area contributed by atoms with Crippen LogP contribution in [0.4, 0.5) is 0 Å². The summed E-state index contributed by atoms with van der Waals surface area (Å²) in [6, 6.07) is 2.05. The molecule has 2 heterocycles. The van der Waals surface area contributed by atoms with Crippen molar-refractivity contribution in [1.29, 1.82) is 0 Å². The first-order valence-corrected chi connectivity index (χ1v) is 7.41. The fourth-order valence-electron chi connectivity index (χ4n) is 3.55. The second kappa shape index (κ2) is 5.35. The third-order valence-corrected chi connectivity index (χ3v) is 4.61. The van der Waals surface area contributed by atoms with Gasteiger partial charge in [-0.15, -0.1) is 6.58 Å². The van der Waals surface area contributed by atoms with Gasteiger partial charge < -0.3 is 19.5 Å². The highest BCUT2D eigenvalue weighted by Crippen LogP contribution is 2.50. The van der Waals surface area contributed by atoms with Gasteiger partial charge in [0.1, 0.15) is 6.10 Å². The van der Waals surface area contributed by atoms with E-state index in [1.54, 1.807) is 13.2 Å². The molecule has 2 unspecified atom stereocenters. The van der Waals surface area contributed by atoms with E-state index >= 15 is 0 Å². The van der Waals surface area contributed by atoms with Gasteiger partial charge in [0, 0.05) is 31.0 Å². The van der Waals surface area contributed by atoms with Crippen LogP contribution >= 0.6 is 0 Å². The summed E-state index contributed by atoms with van der Waals surface area (Å²) in [6.07, 6.45) is 1.58. The van der Waals surface area contributed by atoms with Crippen molar-refractivity contribution >= 4 is 0 Å². The van der Waals surface area contributed by atoms with Crippen molar-refractivity contribution in [2.75, 3.05) is 20.7 Å². The van der Waals surface area contributed by atoms with E-state index in [1.807, 2.05) is 0 Å². The van der Waals surface area contributed by atoms with Crippen molar-refractivity contribution in [1.82, 2.24) is 4.90 Å². The Morgan fingerprint density at radius 3 is 3.05 bits per heavy atom. The molecule has 0 aliphatic carbocycles. The summed E-state index contributed by atoms with van der Waals surface area (Å²) in [5, 5.41) is 9.90. The number of aryl methyl sites for hydroxylation is 1. The molecular weight excluding hydrogens is 266 g/mol. The summed E-state index contributed by atoms with van der Waals surface area (Å²) in [4.78, 5) is 2.32. The van der Waals surface area contributed by atoms with Crippen LogP contribution in [0.2, 0.25) is 0 Å². The van der Waals surface area contributed by atoms with Crippen molar-refractivity contribution in [3.05, 3.63) is 35.4 Å². The number of hydrogen-bond acceptors (Lipinski definition) is 4. The Hall–Kier alpha value is -1.52. The Bertz CT molecular complexity index is 570. The fourth-order valence-corrected chi connectivity index (χ4v) is 3.55. The van der Waals surface area contributed by atoms with Gasteiger partial charge in [-0.25, -0.2) is 0 Å². The second-order valence-corrected chi connectivity index (χ2v) is 6.12. The zero-order valence-corrected chi connectivity index (χ0v) is 12.9. The molecule has 0 amide bonds. The molecule has 0 spiro atoms. The topological polar surface area (TPSA) is 41.9 Å². The van der Waals surface area contributed by atoms with Crippen LogP contribution < -0.4 is 9.47 Å². The van der Waals surface area contributed by atoms with E-state index < -0.39 is 6.10 Å². The first-order valence-electron chi connectivity index (χ1n) is 7.41. The smallest absolute Gasteiger partial charge is 0.165 e. The second-order valence-electron chi connectivity index (χ2n) is 6.12. The minimum absolute atomic E-state index is 0.0230. The van der Waals surface area contributed by atoms with E-state index in [0.717, 1.165) is 24.6 Å². The summed E-state index contributed by atoms with van der Waals surface area (Å²) in [5.74, 6) is 1.96. The molecular formula is C17H23NO3. The predicted molar refractivity (Wildman–Crippen MR) is 82.0 cm³/mol. The van der Waals surface area contributed by atoms with Crippen LogP contribution in [-0.4, -0.2) is 42.9 Å². The van der Waals surface area contributed by atoms with Gasteiger partial charge in [0.25, 0.3) is 0 Å². The zero-order chi connectivity index (χ0) is 15.1. The average Bonchev–Trinajstić information content (AvgIpc) is 2.81. The number of nitrogens with zero attached hydrogens (tertiary/aromatic N) is 1. The normalized spacial score (nSPS) is 25.1. The lowest BCUT2D eigenvalue weighted by atomic mass is 9.84. The largest absolute Gasteiger partial charge is 0.493 e. The Balaban J connectivity index is 2.05. The Labute approximate surface area is 126 Å². The fraction of sp³-hybridized carbons (Fsp3) is 0.529. The number of benzene rings is 1. The van der Waals surface area contributed by atoms with Crippen LogP contribution in [0.1, 0.15) is 29.0 Å². The molecule has 0 saturated carbocycles. The van der Waals surface area contributed by atoms with E-state index in [4.69, 9.17) is 9.47 Å². The van der Waals surface area contributed by atoms with Crippen molar-refractivity contribution in [2.24, 2.45) is 0 Å². The van der Waals surface area contributed by atoms with E-state index in [1.165, 1.54) is 16.7 Å². The molecule has 114 valence electrons. The number of methoxy groups -OCH3 is 1. The molecule has 3 atom stereocenters. The lowest BCUT2D eigenvalue weighted by molar-refractivity contribution is 0.107. The molecule has 1 aromatic carbocycles. The Kier molecular flexibility index (Phi) is 3.68. The lowest BCUT2D eigenvalue weighted by Gasteiger charge is -2.32. The van der Waals surface area contributed by atoms with Crippen molar-refractivity contribution in [2.45, 2.75) is 38.0 Å². The summed E-state index contributed by atoms with van der Waals surface area (Å²) >= 11 is 0. The van der Waals surface area contributed by atoms with Gasteiger partial charge in [0.2, 0.25) is 0 Å². The molecule has 3 rings (SSSR count). The van der Waals surface area contributed by atoms with Crippen molar-refractivity contribution in [3.8, 4) is 11.5 Å². The SMILES string of the molecule is C=C[C@@H](O)CC1Oc2c(OC)cc(C)c3c2C1CN(C)C3.